The van der Waals surface area contributed by atoms with Crippen molar-refractivity contribution in [2.24, 2.45) is 0 Å². The van der Waals surface area contributed by atoms with Gasteiger partial charge in [0.25, 0.3) is 5.56 Å². The van der Waals surface area contributed by atoms with E-state index in [0.29, 0.717) is 24.4 Å². The second-order valence-corrected chi connectivity index (χ2v) is 8.43. The number of benzene rings is 2. The smallest absolute Gasteiger partial charge is 0.335 e. The van der Waals surface area contributed by atoms with Crippen LogP contribution in [0.5, 0.6) is 5.75 Å². The second-order valence-electron chi connectivity index (χ2n) is 7.22. The standard InChI is InChI=1S/C24H22N2O4S/c1-4-30-19-11-9-17(10-12-19)20-14(2)31-22-21(20)23(27)26(15(3)25-22)13-16-5-7-18(8-6-16)24(28)29/h5-12H,4,13H2,1-3H3,(H,28,29). The molecule has 2 heterocycles. The summed E-state index contributed by atoms with van der Waals surface area (Å²) >= 11 is 1.52. The zero-order valence-electron chi connectivity index (χ0n) is 17.5. The van der Waals surface area contributed by atoms with Gasteiger partial charge in [0.05, 0.1) is 24.1 Å². The van der Waals surface area contributed by atoms with Gasteiger partial charge in [-0.3, -0.25) is 9.36 Å². The predicted octanol–water partition coefficient (Wildman–Crippen LogP) is 4.89. The third-order valence-electron chi connectivity index (χ3n) is 5.17. The van der Waals surface area contributed by atoms with E-state index in [1.165, 1.54) is 11.3 Å². The maximum Gasteiger partial charge on any atom is 0.335 e. The summed E-state index contributed by atoms with van der Waals surface area (Å²) in [6.07, 6.45) is 0. The van der Waals surface area contributed by atoms with E-state index < -0.39 is 5.97 Å². The molecule has 0 saturated heterocycles. The fraction of sp³-hybridized carbons (Fsp3) is 0.208. The SMILES string of the molecule is CCOc1ccc(-c2c(C)sc3nc(C)n(Cc4ccc(C(=O)O)cc4)c(=O)c23)cc1. The third-order valence-corrected chi connectivity index (χ3v) is 6.17. The van der Waals surface area contributed by atoms with Gasteiger partial charge in [0.15, 0.2) is 0 Å². The van der Waals surface area contributed by atoms with Crippen molar-refractivity contribution in [3.05, 3.63) is 80.7 Å². The lowest BCUT2D eigenvalue weighted by atomic mass is 10.0. The summed E-state index contributed by atoms with van der Waals surface area (Å²) in [4.78, 5) is 31.1. The van der Waals surface area contributed by atoms with Crippen LogP contribution in [0.3, 0.4) is 0 Å². The highest BCUT2D eigenvalue weighted by Gasteiger charge is 2.19. The van der Waals surface area contributed by atoms with Crippen molar-refractivity contribution in [2.75, 3.05) is 6.61 Å². The molecule has 2 aromatic heterocycles. The maximum atomic E-state index is 13.5. The molecule has 0 aliphatic carbocycles. The van der Waals surface area contributed by atoms with Crippen LogP contribution < -0.4 is 10.3 Å². The second kappa shape index (κ2) is 8.35. The quantitative estimate of drug-likeness (QED) is 0.467. The first-order chi connectivity index (χ1) is 14.9. The Morgan fingerprint density at radius 2 is 1.77 bits per heavy atom. The molecule has 6 nitrogen and oxygen atoms in total. The van der Waals surface area contributed by atoms with Gasteiger partial charge in [-0.2, -0.15) is 0 Å². The van der Waals surface area contributed by atoms with Crippen molar-refractivity contribution in [1.82, 2.24) is 9.55 Å². The number of hydrogen-bond acceptors (Lipinski definition) is 5. The van der Waals surface area contributed by atoms with Crippen LogP contribution in [0.1, 0.15) is 33.5 Å². The summed E-state index contributed by atoms with van der Waals surface area (Å²) in [5.74, 6) is 0.440. The van der Waals surface area contributed by atoms with Crippen LogP contribution in [0.4, 0.5) is 0 Å². The summed E-state index contributed by atoms with van der Waals surface area (Å²) in [5.41, 5.74) is 2.81. The molecular weight excluding hydrogens is 412 g/mol. The van der Waals surface area contributed by atoms with Crippen LogP contribution in [-0.2, 0) is 6.54 Å². The Morgan fingerprint density at radius 1 is 1.10 bits per heavy atom. The van der Waals surface area contributed by atoms with Gasteiger partial charge in [-0.15, -0.1) is 11.3 Å². The number of thiophene rings is 1. The van der Waals surface area contributed by atoms with Gasteiger partial charge in [0.2, 0.25) is 0 Å². The molecule has 0 amide bonds. The first-order valence-electron chi connectivity index (χ1n) is 9.95. The van der Waals surface area contributed by atoms with Gasteiger partial charge < -0.3 is 9.84 Å². The molecule has 7 heteroatoms. The van der Waals surface area contributed by atoms with Gasteiger partial charge in [-0.05, 0) is 56.2 Å². The van der Waals surface area contributed by atoms with Crippen LogP contribution >= 0.6 is 11.3 Å². The number of fused-ring (bicyclic) bond motifs is 1. The van der Waals surface area contributed by atoms with Crippen LogP contribution in [0.2, 0.25) is 0 Å². The van der Waals surface area contributed by atoms with E-state index in [4.69, 9.17) is 14.8 Å². The highest BCUT2D eigenvalue weighted by molar-refractivity contribution is 7.19. The molecule has 0 unspecified atom stereocenters. The van der Waals surface area contributed by atoms with E-state index in [0.717, 1.165) is 32.1 Å². The number of ether oxygens (including phenoxy) is 1. The molecular formula is C24H22N2O4S. The highest BCUT2D eigenvalue weighted by Crippen LogP contribution is 2.36. The molecule has 0 fully saturated rings. The van der Waals surface area contributed by atoms with Gasteiger partial charge >= 0.3 is 5.97 Å². The topological polar surface area (TPSA) is 81.4 Å². The molecule has 0 spiro atoms. The molecule has 4 aromatic rings. The Hall–Kier alpha value is -3.45. The Balaban J connectivity index is 1.80. The number of rotatable bonds is 6. The van der Waals surface area contributed by atoms with Crippen molar-refractivity contribution < 1.29 is 14.6 Å². The molecule has 0 aliphatic rings. The molecule has 0 aliphatic heterocycles. The Kier molecular flexibility index (Phi) is 5.61. The van der Waals surface area contributed by atoms with Crippen LogP contribution in [-0.4, -0.2) is 27.2 Å². The van der Waals surface area contributed by atoms with E-state index >= 15 is 0 Å². The summed E-state index contributed by atoms with van der Waals surface area (Å²) in [6, 6.07) is 14.3. The number of hydrogen-bond donors (Lipinski definition) is 1. The lowest BCUT2D eigenvalue weighted by Crippen LogP contribution is -2.24. The van der Waals surface area contributed by atoms with Gasteiger partial charge in [-0.1, -0.05) is 24.3 Å². The van der Waals surface area contributed by atoms with E-state index in [1.807, 2.05) is 45.0 Å². The first-order valence-corrected chi connectivity index (χ1v) is 10.8. The summed E-state index contributed by atoms with van der Waals surface area (Å²) in [5, 5.41) is 9.70. The lowest BCUT2D eigenvalue weighted by molar-refractivity contribution is 0.0697. The number of aromatic carboxylic acids is 1. The number of nitrogens with zero attached hydrogens (tertiary/aromatic N) is 2. The van der Waals surface area contributed by atoms with Crippen molar-refractivity contribution in [2.45, 2.75) is 27.3 Å². The highest BCUT2D eigenvalue weighted by atomic mass is 32.1. The molecule has 4 rings (SSSR count). The largest absolute Gasteiger partial charge is 0.494 e. The van der Waals surface area contributed by atoms with Crippen molar-refractivity contribution in [3.8, 4) is 16.9 Å². The Morgan fingerprint density at radius 3 is 2.39 bits per heavy atom. The average molecular weight is 435 g/mol. The molecule has 0 saturated carbocycles. The van der Waals surface area contributed by atoms with E-state index in [-0.39, 0.29) is 11.1 Å². The Bertz CT molecular complexity index is 1320. The number of aromatic nitrogens is 2. The van der Waals surface area contributed by atoms with Crippen molar-refractivity contribution in [3.63, 3.8) is 0 Å². The van der Waals surface area contributed by atoms with Gasteiger partial charge in [-0.25, -0.2) is 9.78 Å². The van der Waals surface area contributed by atoms with Crippen molar-refractivity contribution in [1.29, 1.82) is 0 Å². The van der Waals surface area contributed by atoms with E-state index in [1.54, 1.807) is 28.8 Å². The normalized spacial score (nSPS) is 11.1. The third kappa shape index (κ3) is 3.96. The maximum absolute atomic E-state index is 13.5. The van der Waals surface area contributed by atoms with E-state index in [2.05, 4.69) is 0 Å². The summed E-state index contributed by atoms with van der Waals surface area (Å²) < 4.78 is 7.17. The first kappa shape index (κ1) is 20.8. The number of carboxylic acids is 1. The molecule has 158 valence electrons. The molecule has 0 bridgehead atoms. The molecule has 31 heavy (non-hydrogen) atoms. The van der Waals surface area contributed by atoms with Gasteiger partial charge in [0.1, 0.15) is 16.4 Å². The summed E-state index contributed by atoms with van der Waals surface area (Å²) in [6.45, 7) is 6.68. The zero-order chi connectivity index (χ0) is 22.1. The Labute approximate surface area is 183 Å². The summed E-state index contributed by atoms with van der Waals surface area (Å²) in [7, 11) is 0. The van der Waals surface area contributed by atoms with Crippen LogP contribution in [0, 0.1) is 13.8 Å². The number of aryl methyl sites for hydroxylation is 2. The fourth-order valence-corrected chi connectivity index (χ4v) is 4.73. The monoisotopic (exact) mass is 434 g/mol. The minimum atomic E-state index is -0.975. The lowest BCUT2D eigenvalue weighted by Gasteiger charge is -2.11. The van der Waals surface area contributed by atoms with Crippen LogP contribution in [0.15, 0.2) is 53.3 Å². The fourth-order valence-electron chi connectivity index (χ4n) is 3.65. The van der Waals surface area contributed by atoms with Crippen LogP contribution in [0.25, 0.3) is 21.3 Å². The van der Waals surface area contributed by atoms with E-state index in [9.17, 15) is 9.59 Å². The molecule has 0 radical (unpaired) electrons. The zero-order valence-corrected chi connectivity index (χ0v) is 18.3. The molecule has 2 aromatic carbocycles. The number of carbonyl (C=O) groups is 1. The van der Waals surface area contributed by atoms with Gasteiger partial charge in [0, 0.05) is 10.4 Å². The minimum absolute atomic E-state index is 0.0990. The minimum Gasteiger partial charge on any atom is -0.494 e. The molecule has 1 N–H and O–H groups in total. The predicted molar refractivity (Wildman–Crippen MR) is 122 cm³/mol. The number of carboxylic acid groups (broad SMARTS) is 1. The average Bonchev–Trinajstić information content (AvgIpc) is 3.08. The molecule has 0 atom stereocenters. The van der Waals surface area contributed by atoms with Crippen molar-refractivity contribution >= 4 is 27.5 Å².